The van der Waals surface area contributed by atoms with Crippen molar-refractivity contribution in [2.45, 2.75) is 39.0 Å². The average molecular weight is 332 g/mol. The molecule has 0 aliphatic carbocycles. The van der Waals surface area contributed by atoms with Crippen LogP contribution in [0.3, 0.4) is 0 Å². The van der Waals surface area contributed by atoms with Gasteiger partial charge in [0.15, 0.2) is 0 Å². The van der Waals surface area contributed by atoms with Gasteiger partial charge in [-0.05, 0) is 26.3 Å². The number of hydrogen-bond donors (Lipinski definition) is 1. The van der Waals surface area contributed by atoms with Gasteiger partial charge in [0.05, 0.1) is 49.0 Å². The standard InChI is InChI=1S/C16H20N4O4/c1-10-13(11(2)24-20-10)8-23-15-4-6-22-9-14(15)19-16(21)12-3-5-17-18-7-12/h3,5,7,14-15H,4,6,8-9H2,1-2H3,(H,19,21)/t14-,15+/m0/s1. The van der Waals surface area contributed by atoms with Gasteiger partial charge in [-0.2, -0.15) is 10.2 Å². The van der Waals surface area contributed by atoms with Crippen LogP contribution in [0.5, 0.6) is 0 Å². The number of aryl methyl sites for hydroxylation is 2. The summed E-state index contributed by atoms with van der Waals surface area (Å²) >= 11 is 0. The first-order valence-electron chi connectivity index (χ1n) is 7.84. The van der Waals surface area contributed by atoms with E-state index >= 15 is 0 Å². The highest BCUT2D eigenvalue weighted by molar-refractivity contribution is 5.93. The summed E-state index contributed by atoms with van der Waals surface area (Å²) in [5.74, 6) is 0.536. The predicted molar refractivity (Wildman–Crippen MR) is 83.3 cm³/mol. The Morgan fingerprint density at radius 2 is 2.29 bits per heavy atom. The molecule has 3 heterocycles. The molecule has 0 spiro atoms. The molecule has 1 aliphatic rings. The van der Waals surface area contributed by atoms with Gasteiger partial charge < -0.3 is 19.3 Å². The highest BCUT2D eigenvalue weighted by Gasteiger charge is 2.29. The summed E-state index contributed by atoms with van der Waals surface area (Å²) in [4.78, 5) is 12.3. The second-order valence-corrected chi connectivity index (χ2v) is 5.73. The summed E-state index contributed by atoms with van der Waals surface area (Å²) in [6.45, 7) is 5.16. The van der Waals surface area contributed by atoms with E-state index in [9.17, 15) is 4.79 Å². The third-order valence-electron chi connectivity index (χ3n) is 4.08. The van der Waals surface area contributed by atoms with Gasteiger partial charge in [0.1, 0.15) is 5.76 Å². The molecule has 1 saturated heterocycles. The SMILES string of the molecule is Cc1noc(C)c1CO[C@@H]1CCOC[C@@H]1NC(=O)c1ccnnc1. The van der Waals surface area contributed by atoms with Gasteiger partial charge in [-0.15, -0.1) is 0 Å². The number of ether oxygens (including phenoxy) is 2. The Balaban J connectivity index is 1.62. The van der Waals surface area contributed by atoms with Crippen LogP contribution < -0.4 is 5.32 Å². The number of rotatable bonds is 5. The second kappa shape index (κ2) is 7.50. The lowest BCUT2D eigenvalue weighted by molar-refractivity contribution is -0.0608. The Labute approximate surface area is 139 Å². The largest absolute Gasteiger partial charge is 0.379 e. The Morgan fingerprint density at radius 3 is 3.00 bits per heavy atom. The van der Waals surface area contributed by atoms with Crippen LogP contribution in [-0.2, 0) is 16.1 Å². The maximum atomic E-state index is 12.3. The van der Waals surface area contributed by atoms with E-state index < -0.39 is 0 Å². The monoisotopic (exact) mass is 332 g/mol. The Bertz CT molecular complexity index is 669. The fourth-order valence-corrected chi connectivity index (χ4v) is 2.63. The molecule has 8 nitrogen and oxygen atoms in total. The van der Waals surface area contributed by atoms with Crippen LogP contribution >= 0.6 is 0 Å². The van der Waals surface area contributed by atoms with Crippen molar-refractivity contribution in [3.05, 3.63) is 41.0 Å². The van der Waals surface area contributed by atoms with Crippen molar-refractivity contribution in [1.29, 1.82) is 0 Å². The molecule has 8 heteroatoms. The molecule has 0 bridgehead atoms. The fourth-order valence-electron chi connectivity index (χ4n) is 2.63. The topological polar surface area (TPSA) is 99.4 Å². The zero-order valence-electron chi connectivity index (χ0n) is 13.7. The van der Waals surface area contributed by atoms with Gasteiger partial charge in [-0.25, -0.2) is 0 Å². The van der Waals surface area contributed by atoms with Crippen molar-refractivity contribution >= 4 is 5.91 Å². The summed E-state index contributed by atoms with van der Waals surface area (Å²) in [5, 5.41) is 14.3. The van der Waals surface area contributed by atoms with Crippen molar-refractivity contribution in [3.8, 4) is 0 Å². The molecule has 3 rings (SSSR count). The zero-order chi connectivity index (χ0) is 16.9. The van der Waals surface area contributed by atoms with Crippen LogP contribution in [0.2, 0.25) is 0 Å². The first-order valence-corrected chi connectivity index (χ1v) is 7.84. The number of amides is 1. The Hall–Kier alpha value is -2.32. The molecule has 1 N–H and O–H groups in total. The third-order valence-corrected chi connectivity index (χ3v) is 4.08. The molecule has 24 heavy (non-hydrogen) atoms. The minimum absolute atomic E-state index is 0.133. The molecular weight excluding hydrogens is 312 g/mol. The number of aromatic nitrogens is 3. The molecule has 1 amide bonds. The summed E-state index contributed by atoms with van der Waals surface area (Å²) in [7, 11) is 0. The van der Waals surface area contributed by atoms with Crippen molar-refractivity contribution in [3.63, 3.8) is 0 Å². The van der Waals surface area contributed by atoms with Crippen LogP contribution in [0.25, 0.3) is 0 Å². The van der Waals surface area contributed by atoms with E-state index in [4.69, 9.17) is 14.0 Å². The minimum Gasteiger partial charge on any atom is -0.379 e. The maximum Gasteiger partial charge on any atom is 0.253 e. The summed E-state index contributed by atoms with van der Waals surface area (Å²) in [5.41, 5.74) is 2.23. The lowest BCUT2D eigenvalue weighted by Crippen LogP contribution is -2.50. The van der Waals surface area contributed by atoms with Gasteiger partial charge in [-0.3, -0.25) is 4.79 Å². The molecule has 2 aromatic rings. The van der Waals surface area contributed by atoms with Gasteiger partial charge >= 0.3 is 0 Å². The highest BCUT2D eigenvalue weighted by Crippen LogP contribution is 2.18. The number of nitrogens with one attached hydrogen (secondary N) is 1. The number of hydrogen-bond acceptors (Lipinski definition) is 7. The summed E-state index contributed by atoms with van der Waals surface area (Å²) < 4.78 is 16.6. The van der Waals surface area contributed by atoms with E-state index in [0.29, 0.717) is 31.8 Å². The summed E-state index contributed by atoms with van der Waals surface area (Å²) in [6.07, 6.45) is 3.49. The van der Waals surface area contributed by atoms with Gasteiger partial charge in [0.2, 0.25) is 0 Å². The van der Waals surface area contributed by atoms with Crippen LogP contribution in [0.4, 0.5) is 0 Å². The van der Waals surface area contributed by atoms with Crippen molar-refractivity contribution in [1.82, 2.24) is 20.7 Å². The number of carbonyl (C=O) groups excluding carboxylic acids is 1. The normalized spacial score (nSPS) is 20.8. The quantitative estimate of drug-likeness (QED) is 0.877. The second-order valence-electron chi connectivity index (χ2n) is 5.73. The van der Waals surface area contributed by atoms with Crippen molar-refractivity contribution in [2.75, 3.05) is 13.2 Å². The van der Waals surface area contributed by atoms with E-state index in [1.807, 2.05) is 13.8 Å². The Morgan fingerprint density at radius 1 is 1.42 bits per heavy atom. The van der Waals surface area contributed by atoms with Crippen LogP contribution in [0.1, 0.15) is 33.8 Å². The van der Waals surface area contributed by atoms with E-state index in [1.165, 1.54) is 12.4 Å². The minimum atomic E-state index is -0.222. The lowest BCUT2D eigenvalue weighted by atomic mass is 10.1. The van der Waals surface area contributed by atoms with Crippen LogP contribution in [-0.4, -0.2) is 46.6 Å². The van der Waals surface area contributed by atoms with Gasteiger partial charge in [-0.1, -0.05) is 5.16 Å². The van der Waals surface area contributed by atoms with Gasteiger partial charge in [0.25, 0.3) is 5.91 Å². The molecule has 0 radical (unpaired) electrons. The third kappa shape index (κ3) is 3.77. The Kier molecular flexibility index (Phi) is 5.17. The first kappa shape index (κ1) is 16.5. The van der Waals surface area contributed by atoms with E-state index in [2.05, 4.69) is 20.7 Å². The fraction of sp³-hybridized carbons (Fsp3) is 0.500. The molecule has 1 fully saturated rings. The molecular formula is C16H20N4O4. The van der Waals surface area contributed by atoms with Crippen LogP contribution in [0.15, 0.2) is 23.0 Å². The van der Waals surface area contributed by atoms with Crippen molar-refractivity contribution in [2.24, 2.45) is 0 Å². The van der Waals surface area contributed by atoms with E-state index in [0.717, 1.165) is 17.0 Å². The molecule has 0 saturated carbocycles. The van der Waals surface area contributed by atoms with E-state index in [-0.39, 0.29) is 18.1 Å². The molecule has 2 aromatic heterocycles. The van der Waals surface area contributed by atoms with Crippen LogP contribution in [0, 0.1) is 13.8 Å². The number of nitrogens with zero attached hydrogens (tertiary/aromatic N) is 3. The predicted octanol–water partition coefficient (Wildman–Crippen LogP) is 1.19. The maximum absolute atomic E-state index is 12.3. The molecule has 1 aliphatic heterocycles. The zero-order valence-corrected chi connectivity index (χ0v) is 13.7. The highest BCUT2D eigenvalue weighted by atomic mass is 16.5. The van der Waals surface area contributed by atoms with E-state index in [1.54, 1.807) is 6.07 Å². The van der Waals surface area contributed by atoms with Gasteiger partial charge in [0, 0.05) is 12.2 Å². The molecule has 0 unspecified atom stereocenters. The lowest BCUT2D eigenvalue weighted by Gasteiger charge is -2.32. The molecule has 2 atom stereocenters. The molecule has 128 valence electrons. The molecule has 0 aromatic carbocycles. The summed E-state index contributed by atoms with van der Waals surface area (Å²) in [6, 6.07) is 1.39. The average Bonchev–Trinajstić information content (AvgIpc) is 2.93. The van der Waals surface area contributed by atoms with Crippen molar-refractivity contribution < 1.29 is 18.8 Å². The number of carbonyl (C=O) groups is 1. The first-order chi connectivity index (χ1) is 11.6. The smallest absolute Gasteiger partial charge is 0.253 e.